The molecule has 4 rings (SSSR count). The Balaban J connectivity index is 1.34. The maximum atomic E-state index is 12.7. The van der Waals surface area contributed by atoms with Crippen molar-refractivity contribution >= 4 is 46.8 Å². The molecule has 0 saturated carbocycles. The first-order valence-corrected chi connectivity index (χ1v) is 11.1. The number of nitrogens with two attached hydrogens (primary N) is 1. The molecule has 2 aromatic heterocycles. The van der Waals surface area contributed by atoms with Crippen molar-refractivity contribution in [1.82, 2.24) is 15.2 Å². The molecule has 3 aromatic rings. The molecule has 10 heteroatoms. The van der Waals surface area contributed by atoms with E-state index in [4.69, 9.17) is 11.1 Å². The third-order valence-electron chi connectivity index (χ3n) is 5.24. The van der Waals surface area contributed by atoms with Crippen molar-refractivity contribution in [1.29, 1.82) is 5.41 Å². The summed E-state index contributed by atoms with van der Waals surface area (Å²) in [5.41, 5.74) is 7.87. The Bertz CT molecular complexity index is 1220. The van der Waals surface area contributed by atoms with Gasteiger partial charge >= 0.3 is 0 Å². The predicted octanol–water partition coefficient (Wildman–Crippen LogP) is 2.29. The Labute approximate surface area is 194 Å². The molecule has 0 atom stereocenters. The number of carbonyl (C=O) groups is 3. The fraction of sp³-hybridized carbons (Fsp3) is 0.174. The number of fused-ring (bicyclic) bond motifs is 1. The Kier molecular flexibility index (Phi) is 6.45. The number of aromatic nitrogens is 1. The lowest BCUT2D eigenvalue weighted by atomic mass is 10.1. The number of pyridine rings is 1. The first kappa shape index (κ1) is 22.2. The number of nitrogens with one attached hydrogen (secondary N) is 3. The van der Waals surface area contributed by atoms with Gasteiger partial charge in [0.2, 0.25) is 5.91 Å². The van der Waals surface area contributed by atoms with Crippen LogP contribution in [-0.2, 0) is 17.8 Å². The summed E-state index contributed by atoms with van der Waals surface area (Å²) >= 11 is 1.44. The van der Waals surface area contributed by atoms with E-state index >= 15 is 0 Å². The molecule has 0 radical (unpaired) electrons. The van der Waals surface area contributed by atoms with Crippen molar-refractivity contribution < 1.29 is 14.4 Å². The van der Waals surface area contributed by atoms with Crippen LogP contribution in [0.2, 0.25) is 0 Å². The molecule has 5 N–H and O–H groups in total. The second-order valence-electron chi connectivity index (χ2n) is 7.47. The average molecular weight is 463 g/mol. The summed E-state index contributed by atoms with van der Waals surface area (Å²) in [6.45, 7) is 0.744. The van der Waals surface area contributed by atoms with Gasteiger partial charge in [0.25, 0.3) is 11.8 Å². The lowest BCUT2D eigenvalue weighted by molar-refractivity contribution is -0.131. The molecular weight excluding hydrogens is 440 g/mol. The highest BCUT2D eigenvalue weighted by Crippen LogP contribution is 2.29. The van der Waals surface area contributed by atoms with Crippen LogP contribution in [0.25, 0.3) is 0 Å². The number of nitrogen functional groups attached to an aromatic ring is 1. The standard InChI is InChI=1S/C23H22N6O3S/c24-10-14-8-15(11-26-21(14)25)22(31)27-12-20(30)29-7-6-18-16(13-29)9-19(33-18)23(32)28-17-4-2-1-3-5-17/h1-5,8-11,24H,6-7,12-13H2,(H2,25,26)(H,27,31)(H,28,32). The number of para-hydroxylation sites is 1. The van der Waals surface area contributed by atoms with E-state index in [1.807, 2.05) is 36.4 Å². The molecule has 1 aliphatic rings. The van der Waals surface area contributed by atoms with Gasteiger partial charge in [0.1, 0.15) is 5.82 Å². The van der Waals surface area contributed by atoms with Crippen LogP contribution in [0, 0.1) is 5.41 Å². The molecule has 1 aromatic carbocycles. The Morgan fingerprint density at radius 3 is 2.73 bits per heavy atom. The first-order chi connectivity index (χ1) is 15.9. The second-order valence-corrected chi connectivity index (χ2v) is 8.61. The minimum absolute atomic E-state index is 0.161. The zero-order valence-corrected chi connectivity index (χ0v) is 18.4. The van der Waals surface area contributed by atoms with E-state index in [2.05, 4.69) is 15.6 Å². The van der Waals surface area contributed by atoms with Crippen LogP contribution in [0.5, 0.6) is 0 Å². The highest BCUT2D eigenvalue weighted by Gasteiger charge is 2.25. The molecule has 33 heavy (non-hydrogen) atoms. The number of hydrogen-bond donors (Lipinski definition) is 4. The lowest BCUT2D eigenvalue weighted by Gasteiger charge is -2.27. The number of carbonyl (C=O) groups excluding carboxylic acids is 3. The topological polar surface area (TPSA) is 141 Å². The van der Waals surface area contributed by atoms with Gasteiger partial charge in [0.05, 0.1) is 17.0 Å². The summed E-state index contributed by atoms with van der Waals surface area (Å²) in [6.07, 6.45) is 2.98. The summed E-state index contributed by atoms with van der Waals surface area (Å²) in [6, 6.07) is 12.5. The molecule has 0 fully saturated rings. The SMILES string of the molecule is N=Cc1cc(C(=O)NCC(=O)N2CCc3sc(C(=O)Nc4ccccc4)cc3C2)cnc1N. The van der Waals surface area contributed by atoms with Crippen LogP contribution in [0.4, 0.5) is 11.5 Å². The van der Waals surface area contributed by atoms with Crippen molar-refractivity contribution in [2.24, 2.45) is 0 Å². The van der Waals surface area contributed by atoms with Crippen molar-refractivity contribution in [3.8, 4) is 0 Å². The van der Waals surface area contributed by atoms with E-state index in [9.17, 15) is 14.4 Å². The van der Waals surface area contributed by atoms with E-state index in [0.717, 1.165) is 22.3 Å². The van der Waals surface area contributed by atoms with Crippen LogP contribution >= 0.6 is 11.3 Å². The summed E-state index contributed by atoms with van der Waals surface area (Å²) < 4.78 is 0. The number of anilines is 2. The van der Waals surface area contributed by atoms with Crippen molar-refractivity contribution in [2.45, 2.75) is 13.0 Å². The van der Waals surface area contributed by atoms with Gasteiger partial charge in [-0.3, -0.25) is 14.4 Å². The van der Waals surface area contributed by atoms with Crippen molar-refractivity contribution in [3.05, 3.63) is 75.1 Å². The molecule has 9 nitrogen and oxygen atoms in total. The van der Waals surface area contributed by atoms with Gasteiger partial charge in [-0.25, -0.2) is 4.98 Å². The number of nitrogens with zero attached hydrogens (tertiary/aromatic N) is 2. The molecular formula is C23H22N6O3S. The van der Waals surface area contributed by atoms with Gasteiger partial charge in [-0.1, -0.05) is 18.2 Å². The highest BCUT2D eigenvalue weighted by atomic mass is 32.1. The van der Waals surface area contributed by atoms with Crippen LogP contribution < -0.4 is 16.4 Å². The zero-order valence-electron chi connectivity index (χ0n) is 17.6. The minimum atomic E-state index is -0.466. The predicted molar refractivity (Wildman–Crippen MR) is 127 cm³/mol. The molecule has 3 amide bonds. The van der Waals surface area contributed by atoms with Crippen LogP contribution in [0.3, 0.4) is 0 Å². The van der Waals surface area contributed by atoms with Crippen LogP contribution in [-0.4, -0.2) is 46.9 Å². The van der Waals surface area contributed by atoms with E-state index < -0.39 is 5.91 Å². The van der Waals surface area contributed by atoms with Gasteiger partial charge in [0, 0.05) is 41.6 Å². The molecule has 168 valence electrons. The second kappa shape index (κ2) is 9.61. The summed E-state index contributed by atoms with van der Waals surface area (Å²) in [7, 11) is 0. The molecule has 3 heterocycles. The highest BCUT2D eigenvalue weighted by molar-refractivity contribution is 7.14. The fourth-order valence-electron chi connectivity index (χ4n) is 3.47. The van der Waals surface area contributed by atoms with Gasteiger partial charge in [-0.05, 0) is 36.2 Å². The number of amides is 3. The smallest absolute Gasteiger partial charge is 0.265 e. The van der Waals surface area contributed by atoms with Gasteiger partial charge in [0.15, 0.2) is 0 Å². The molecule has 0 bridgehead atoms. The number of benzene rings is 1. The van der Waals surface area contributed by atoms with Crippen molar-refractivity contribution in [2.75, 3.05) is 24.1 Å². The van der Waals surface area contributed by atoms with E-state index in [1.54, 1.807) is 4.90 Å². The molecule has 1 aliphatic heterocycles. The van der Waals surface area contributed by atoms with Crippen LogP contribution in [0.15, 0.2) is 48.7 Å². The third kappa shape index (κ3) is 5.07. The van der Waals surface area contributed by atoms with E-state index in [1.165, 1.54) is 23.6 Å². The first-order valence-electron chi connectivity index (χ1n) is 10.2. The Morgan fingerprint density at radius 2 is 1.97 bits per heavy atom. The maximum Gasteiger partial charge on any atom is 0.265 e. The number of hydrogen-bond acceptors (Lipinski definition) is 7. The maximum absolute atomic E-state index is 12.7. The Morgan fingerprint density at radius 1 is 1.18 bits per heavy atom. The quantitative estimate of drug-likeness (QED) is 0.416. The minimum Gasteiger partial charge on any atom is -0.383 e. The van der Waals surface area contributed by atoms with Crippen molar-refractivity contribution in [3.63, 3.8) is 0 Å². The number of thiophene rings is 1. The van der Waals surface area contributed by atoms with Crippen LogP contribution in [0.1, 0.15) is 36.0 Å². The Hall–Kier alpha value is -4.05. The fourth-order valence-corrected chi connectivity index (χ4v) is 4.53. The average Bonchev–Trinajstić information content (AvgIpc) is 3.27. The summed E-state index contributed by atoms with van der Waals surface area (Å²) in [5.74, 6) is -0.695. The molecule has 0 aliphatic carbocycles. The third-order valence-corrected chi connectivity index (χ3v) is 6.48. The molecule has 0 saturated heterocycles. The lowest BCUT2D eigenvalue weighted by Crippen LogP contribution is -2.42. The monoisotopic (exact) mass is 462 g/mol. The summed E-state index contributed by atoms with van der Waals surface area (Å²) in [5, 5.41) is 12.8. The normalized spacial score (nSPS) is 12.5. The van der Waals surface area contributed by atoms with Gasteiger partial charge in [-0.2, -0.15) is 0 Å². The van der Waals surface area contributed by atoms with Gasteiger partial charge in [-0.15, -0.1) is 11.3 Å². The zero-order chi connectivity index (χ0) is 23.4. The largest absolute Gasteiger partial charge is 0.383 e. The van der Waals surface area contributed by atoms with E-state index in [0.29, 0.717) is 30.0 Å². The van der Waals surface area contributed by atoms with E-state index in [-0.39, 0.29) is 29.7 Å². The van der Waals surface area contributed by atoms with Gasteiger partial charge < -0.3 is 26.7 Å². The number of rotatable bonds is 6. The molecule has 0 unspecified atom stereocenters. The molecule has 0 spiro atoms. The summed E-state index contributed by atoms with van der Waals surface area (Å²) in [4.78, 5) is 44.8.